The Bertz CT molecular complexity index is 3120. The second-order valence-corrected chi connectivity index (χ2v) is 14.6. The lowest BCUT2D eigenvalue weighted by molar-refractivity contribution is 0.827. The van der Waals surface area contributed by atoms with Crippen molar-refractivity contribution in [3.63, 3.8) is 0 Å². The summed E-state index contributed by atoms with van der Waals surface area (Å²) < 4.78 is 4.92. The van der Waals surface area contributed by atoms with Crippen molar-refractivity contribution in [3.8, 4) is 33.4 Å². The summed E-state index contributed by atoms with van der Waals surface area (Å²) in [5.41, 5.74) is 12.7. The molecule has 11 aromatic rings. The van der Waals surface area contributed by atoms with Crippen LogP contribution in [0.4, 0.5) is 0 Å². The number of aromatic nitrogens is 2. The Labute approximate surface area is 314 Å². The first-order valence-corrected chi connectivity index (χ1v) is 19.2. The van der Waals surface area contributed by atoms with Gasteiger partial charge in [0, 0.05) is 56.7 Å². The predicted octanol–water partition coefficient (Wildman–Crippen LogP) is 14.4. The highest BCUT2D eigenvalue weighted by molar-refractivity contribution is 6.22. The zero-order valence-electron chi connectivity index (χ0n) is 30.5. The van der Waals surface area contributed by atoms with Gasteiger partial charge in [-0.25, -0.2) is 0 Å². The average Bonchev–Trinajstić information content (AvgIpc) is 3.73. The molecule has 0 aliphatic heterocycles. The molecule has 2 aromatic heterocycles. The van der Waals surface area contributed by atoms with Crippen LogP contribution in [0, 0.1) is 0 Å². The fraction of sp³-hybridized carbons (Fsp3) is 0.0769. The number of benzene rings is 9. The highest BCUT2D eigenvalue weighted by Gasteiger charge is 2.19. The summed E-state index contributed by atoms with van der Waals surface area (Å²) in [5.74, 6) is 0. The molecule has 0 aliphatic rings. The largest absolute Gasteiger partial charge is 0.341 e. The number of para-hydroxylation sites is 2. The highest BCUT2D eigenvalue weighted by atomic mass is 15.0. The molecule has 0 fully saturated rings. The van der Waals surface area contributed by atoms with E-state index in [9.17, 15) is 0 Å². The van der Waals surface area contributed by atoms with Crippen LogP contribution in [0.2, 0.25) is 0 Å². The molecule has 0 radical (unpaired) electrons. The minimum absolute atomic E-state index is 0.920. The van der Waals surface area contributed by atoms with Crippen molar-refractivity contribution in [1.82, 2.24) is 9.13 Å². The summed E-state index contributed by atoms with van der Waals surface area (Å²) in [5, 5.41) is 12.8. The molecule has 2 heterocycles. The summed E-state index contributed by atoms with van der Waals surface area (Å²) >= 11 is 0. The number of nitrogens with zero attached hydrogens (tertiary/aromatic N) is 2. The first-order valence-electron chi connectivity index (χ1n) is 19.2. The van der Waals surface area contributed by atoms with E-state index in [-0.39, 0.29) is 0 Å². The summed E-state index contributed by atoms with van der Waals surface area (Å²) in [6.45, 7) is 6.34. The summed E-state index contributed by atoms with van der Waals surface area (Å²) in [7, 11) is 0. The van der Waals surface area contributed by atoms with E-state index in [2.05, 4.69) is 193 Å². The first-order chi connectivity index (χ1) is 26.7. The van der Waals surface area contributed by atoms with E-state index in [1.165, 1.54) is 109 Å². The SMILES string of the molecule is CCn1c2ccccc2c2ccc(-c3cccc4c(-c5cccc6ccccc56)c5cccc(-c6ccc7c8ccccc8n(CC)c7c6)c5cc34)cc21. The first kappa shape index (κ1) is 30.9. The molecule has 2 nitrogen and oxygen atoms in total. The minimum atomic E-state index is 0.920. The van der Waals surface area contributed by atoms with Gasteiger partial charge in [-0.05, 0) is 110 Å². The van der Waals surface area contributed by atoms with Crippen molar-refractivity contribution in [2.75, 3.05) is 0 Å². The summed E-state index contributed by atoms with van der Waals surface area (Å²) in [4.78, 5) is 0. The van der Waals surface area contributed by atoms with Crippen LogP contribution in [-0.2, 0) is 13.1 Å². The van der Waals surface area contributed by atoms with Gasteiger partial charge in [0.05, 0.1) is 0 Å². The molecule has 0 spiro atoms. The molecule has 0 aliphatic carbocycles. The van der Waals surface area contributed by atoms with Crippen LogP contribution in [0.3, 0.4) is 0 Å². The summed E-state index contributed by atoms with van der Waals surface area (Å²) in [6.07, 6.45) is 0. The van der Waals surface area contributed by atoms with E-state index in [0.29, 0.717) is 0 Å². The molecular weight excluding hydrogens is 653 g/mol. The zero-order valence-corrected chi connectivity index (χ0v) is 30.5. The zero-order chi connectivity index (χ0) is 35.9. The minimum Gasteiger partial charge on any atom is -0.341 e. The monoisotopic (exact) mass is 690 g/mol. The van der Waals surface area contributed by atoms with E-state index in [1.807, 2.05) is 0 Å². The van der Waals surface area contributed by atoms with Gasteiger partial charge in [0.1, 0.15) is 0 Å². The van der Waals surface area contributed by atoms with Crippen LogP contribution in [0.15, 0.2) is 170 Å². The van der Waals surface area contributed by atoms with Crippen molar-refractivity contribution in [2.24, 2.45) is 0 Å². The summed E-state index contributed by atoms with van der Waals surface area (Å²) in [6, 6.07) is 63.6. The molecule has 0 saturated carbocycles. The quantitative estimate of drug-likeness (QED) is 0.159. The fourth-order valence-electron chi connectivity index (χ4n) is 9.52. The molecule has 0 amide bonds. The number of rotatable bonds is 5. The molecule has 9 aromatic carbocycles. The van der Waals surface area contributed by atoms with Crippen molar-refractivity contribution >= 4 is 75.9 Å². The molecule has 0 saturated heterocycles. The lowest BCUT2D eigenvalue weighted by Gasteiger charge is -2.19. The smallest absolute Gasteiger partial charge is 0.0497 e. The Morgan fingerprint density at radius 1 is 0.315 bits per heavy atom. The van der Waals surface area contributed by atoms with Gasteiger partial charge < -0.3 is 9.13 Å². The normalized spacial score (nSPS) is 12.0. The van der Waals surface area contributed by atoms with Crippen molar-refractivity contribution < 1.29 is 0 Å². The van der Waals surface area contributed by atoms with Crippen molar-refractivity contribution in [1.29, 1.82) is 0 Å². The maximum absolute atomic E-state index is 2.48. The molecule has 11 rings (SSSR count). The third-order valence-corrected chi connectivity index (χ3v) is 11.9. The predicted molar refractivity (Wildman–Crippen MR) is 233 cm³/mol. The van der Waals surface area contributed by atoms with Gasteiger partial charge in [0.25, 0.3) is 0 Å². The molecule has 2 heteroatoms. The van der Waals surface area contributed by atoms with Gasteiger partial charge in [-0.1, -0.05) is 140 Å². The highest BCUT2D eigenvalue weighted by Crippen LogP contribution is 2.46. The van der Waals surface area contributed by atoms with Crippen LogP contribution in [0.5, 0.6) is 0 Å². The Balaban J connectivity index is 1.24. The lowest BCUT2D eigenvalue weighted by atomic mass is 9.85. The molecule has 0 atom stereocenters. The number of hydrogen-bond acceptors (Lipinski definition) is 0. The Hall–Kier alpha value is -6.64. The number of fused-ring (bicyclic) bond motifs is 9. The molecule has 0 bridgehead atoms. The van der Waals surface area contributed by atoms with Crippen molar-refractivity contribution in [3.05, 3.63) is 170 Å². The van der Waals surface area contributed by atoms with E-state index in [1.54, 1.807) is 0 Å². The van der Waals surface area contributed by atoms with Crippen LogP contribution in [-0.4, -0.2) is 9.13 Å². The van der Waals surface area contributed by atoms with E-state index in [0.717, 1.165) is 13.1 Å². The molecule has 0 N–H and O–H groups in total. The van der Waals surface area contributed by atoms with Gasteiger partial charge in [-0.3, -0.25) is 0 Å². The second-order valence-electron chi connectivity index (χ2n) is 14.6. The molecule has 0 unspecified atom stereocenters. The topological polar surface area (TPSA) is 9.86 Å². The molecular formula is C52H38N2. The van der Waals surface area contributed by atoms with E-state index >= 15 is 0 Å². The van der Waals surface area contributed by atoms with Crippen LogP contribution in [0.1, 0.15) is 13.8 Å². The third-order valence-electron chi connectivity index (χ3n) is 11.9. The number of aryl methyl sites for hydroxylation is 2. The molecule has 54 heavy (non-hydrogen) atoms. The maximum Gasteiger partial charge on any atom is 0.0497 e. The van der Waals surface area contributed by atoms with E-state index in [4.69, 9.17) is 0 Å². The van der Waals surface area contributed by atoms with Gasteiger partial charge in [0.15, 0.2) is 0 Å². The van der Waals surface area contributed by atoms with Gasteiger partial charge in [-0.2, -0.15) is 0 Å². The average molecular weight is 691 g/mol. The van der Waals surface area contributed by atoms with Gasteiger partial charge in [0.2, 0.25) is 0 Å². The Morgan fingerprint density at radius 2 is 0.741 bits per heavy atom. The molecule has 256 valence electrons. The Kier molecular flexibility index (Phi) is 6.84. The van der Waals surface area contributed by atoms with E-state index < -0.39 is 0 Å². The maximum atomic E-state index is 2.48. The van der Waals surface area contributed by atoms with Crippen LogP contribution in [0.25, 0.3) is 109 Å². The Morgan fingerprint density at radius 3 is 1.30 bits per heavy atom. The van der Waals surface area contributed by atoms with Crippen LogP contribution >= 0.6 is 0 Å². The van der Waals surface area contributed by atoms with Crippen LogP contribution < -0.4 is 0 Å². The third kappa shape index (κ3) is 4.40. The second kappa shape index (κ2) is 11.9. The number of hydrogen-bond donors (Lipinski definition) is 0. The fourth-order valence-corrected chi connectivity index (χ4v) is 9.52. The van der Waals surface area contributed by atoms with Gasteiger partial charge in [-0.15, -0.1) is 0 Å². The standard InChI is InChI=1S/C52H38N2/c1-3-53-48-24-9-7-17-39(48)41-28-26-34(30-50(41)53)37-19-12-22-44-46(37)32-47-38(35-27-29-42-40-18-8-10-25-49(40)54(4-2)51(42)31-35)20-13-23-45(47)52(44)43-21-11-15-33-14-5-6-16-36(33)43/h5-32H,3-4H2,1-2H3. The van der Waals surface area contributed by atoms with Gasteiger partial charge >= 0.3 is 0 Å². The van der Waals surface area contributed by atoms with Crippen molar-refractivity contribution in [2.45, 2.75) is 26.9 Å². The lowest BCUT2D eigenvalue weighted by Crippen LogP contribution is -1.94.